The molecule has 0 fully saturated rings. The molecule has 0 radical (unpaired) electrons. The zero-order chi connectivity index (χ0) is 23.9. The summed E-state index contributed by atoms with van der Waals surface area (Å²) < 4.78 is 39.4. The molecule has 32 heavy (non-hydrogen) atoms. The van der Waals surface area contributed by atoms with Crippen LogP contribution in [0.2, 0.25) is 0 Å². The van der Waals surface area contributed by atoms with Crippen LogP contribution in [0.5, 0.6) is 0 Å². The number of nitrogens with zero attached hydrogens (tertiary/aromatic N) is 2. The molecule has 2 amide bonds. The lowest BCUT2D eigenvalue weighted by Crippen LogP contribution is -2.51. The third-order valence-electron chi connectivity index (χ3n) is 5.05. The topological polar surface area (TPSA) is 86.8 Å². The third kappa shape index (κ3) is 6.78. The van der Waals surface area contributed by atoms with Crippen molar-refractivity contribution >= 4 is 27.5 Å². The van der Waals surface area contributed by atoms with Crippen molar-refractivity contribution in [3.05, 3.63) is 65.5 Å². The Morgan fingerprint density at radius 2 is 1.72 bits per heavy atom. The number of rotatable bonds is 10. The van der Waals surface area contributed by atoms with Gasteiger partial charge in [0.1, 0.15) is 18.4 Å². The quantitative estimate of drug-likeness (QED) is 0.587. The monoisotopic (exact) mass is 463 g/mol. The lowest BCUT2D eigenvalue weighted by atomic mass is 10.1. The van der Waals surface area contributed by atoms with Gasteiger partial charge in [-0.3, -0.25) is 13.9 Å². The van der Waals surface area contributed by atoms with Gasteiger partial charge in [-0.15, -0.1) is 0 Å². The number of amides is 2. The Kier molecular flexibility index (Phi) is 8.77. The minimum Gasteiger partial charge on any atom is -0.354 e. The van der Waals surface area contributed by atoms with E-state index in [-0.39, 0.29) is 12.5 Å². The molecule has 2 aromatic rings. The average molecular weight is 464 g/mol. The van der Waals surface area contributed by atoms with E-state index in [2.05, 4.69) is 5.32 Å². The number of carbonyl (C=O) groups excluding carboxylic acids is 2. The number of hydrogen-bond acceptors (Lipinski definition) is 4. The van der Waals surface area contributed by atoms with Crippen LogP contribution < -0.4 is 9.62 Å². The standard InChI is InChI=1S/C23H30FN3O4S/c1-5-14-25-23(29)18(3)26(15-19-10-12-20(24)13-11-19)22(28)16-27(32(4,30)31)21-9-7-6-8-17(21)2/h6-13,18H,5,14-16H2,1-4H3,(H,25,29)/t18-/m0/s1. The Bertz CT molecular complexity index is 1040. The first kappa shape index (κ1) is 25.3. The van der Waals surface area contributed by atoms with Crippen LogP contribution in [-0.2, 0) is 26.2 Å². The Balaban J connectivity index is 2.37. The molecule has 0 saturated carbocycles. The van der Waals surface area contributed by atoms with Crippen LogP contribution in [0.3, 0.4) is 0 Å². The van der Waals surface area contributed by atoms with Crippen LogP contribution in [0, 0.1) is 12.7 Å². The van der Waals surface area contributed by atoms with Gasteiger partial charge in [-0.25, -0.2) is 12.8 Å². The minimum atomic E-state index is -3.77. The van der Waals surface area contributed by atoms with E-state index < -0.39 is 34.3 Å². The smallest absolute Gasteiger partial charge is 0.244 e. The number of nitrogens with one attached hydrogen (secondary N) is 1. The van der Waals surface area contributed by atoms with Crippen molar-refractivity contribution < 1.29 is 22.4 Å². The van der Waals surface area contributed by atoms with Crippen molar-refractivity contribution in [2.45, 2.75) is 39.8 Å². The SMILES string of the molecule is CCCNC(=O)[C@H](C)N(Cc1ccc(F)cc1)C(=O)CN(c1ccccc1C)S(C)(=O)=O. The predicted molar refractivity (Wildman–Crippen MR) is 123 cm³/mol. The molecule has 9 heteroatoms. The second-order valence-electron chi connectivity index (χ2n) is 7.67. The molecule has 0 bridgehead atoms. The molecule has 2 rings (SSSR count). The van der Waals surface area contributed by atoms with Crippen molar-refractivity contribution in [1.82, 2.24) is 10.2 Å². The summed E-state index contributed by atoms with van der Waals surface area (Å²) in [5, 5.41) is 2.76. The molecule has 1 atom stereocenters. The van der Waals surface area contributed by atoms with E-state index in [1.165, 1.54) is 29.2 Å². The van der Waals surface area contributed by atoms with Crippen LogP contribution in [0.15, 0.2) is 48.5 Å². The molecule has 2 aromatic carbocycles. The van der Waals surface area contributed by atoms with Gasteiger partial charge in [-0.2, -0.15) is 0 Å². The lowest BCUT2D eigenvalue weighted by Gasteiger charge is -2.31. The Labute approximate surface area is 189 Å². The van der Waals surface area contributed by atoms with Gasteiger partial charge in [0.2, 0.25) is 21.8 Å². The highest BCUT2D eigenvalue weighted by molar-refractivity contribution is 7.92. The van der Waals surface area contributed by atoms with E-state index in [1.54, 1.807) is 38.1 Å². The van der Waals surface area contributed by atoms with Gasteiger partial charge in [-0.05, 0) is 49.6 Å². The van der Waals surface area contributed by atoms with Gasteiger partial charge < -0.3 is 10.2 Å². The summed E-state index contributed by atoms with van der Waals surface area (Å²) in [5.41, 5.74) is 1.72. The second-order valence-corrected chi connectivity index (χ2v) is 9.58. The first-order valence-electron chi connectivity index (χ1n) is 10.4. The van der Waals surface area contributed by atoms with Gasteiger partial charge in [0.05, 0.1) is 11.9 Å². The molecule has 0 heterocycles. The zero-order valence-electron chi connectivity index (χ0n) is 18.8. The van der Waals surface area contributed by atoms with E-state index >= 15 is 0 Å². The van der Waals surface area contributed by atoms with Crippen molar-refractivity contribution in [1.29, 1.82) is 0 Å². The highest BCUT2D eigenvalue weighted by Gasteiger charge is 2.30. The van der Waals surface area contributed by atoms with Gasteiger partial charge in [0, 0.05) is 13.1 Å². The van der Waals surface area contributed by atoms with E-state index in [9.17, 15) is 22.4 Å². The van der Waals surface area contributed by atoms with Gasteiger partial charge >= 0.3 is 0 Å². The molecule has 1 N–H and O–H groups in total. The number of halogens is 1. The van der Waals surface area contributed by atoms with Crippen LogP contribution in [0.1, 0.15) is 31.4 Å². The second kappa shape index (κ2) is 11.1. The maximum absolute atomic E-state index is 13.3. The van der Waals surface area contributed by atoms with Crippen LogP contribution in [-0.4, -0.2) is 50.5 Å². The zero-order valence-corrected chi connectivity index (χ0v) is 19.7. The summed E-state index contributed by atoms with van der Waals surface area (Å²) in [6, 6.07) is 11.6. The summed E-state index contributed by atoms with van der Waals surface area (Å²) >= 11 is 0. The number of aryl methyl sites for hydroxylation is 1. The Morgan fingerprint density at radius 3 is 2.28 bits per heavy atom. The van der Waals surface area contributed by atoms with Crippen molar-refractivity contribution in [3.63, 3.8) is 0 Å². The van der Waals surface area contributed by atoms with E-state index in [0.29, 0.717) is 23.4 Å². The number of carbonyl (C=O) groups is 2. The molecule has 7 nitrogen and oxygen atoms in total. The fourth-order valence-corrected chi connectivity index (χ4v) is 4.11. The van der Waals surface area contributed by atoms with E-state index in [0.717, 1.165) is 17.0 Å². The number of sulfonamides is 1. The predicted octanol–water partition coefficient (Wildman–Crippen LogP) is 2.84. The molecule has 0 aromatic heterocycles. The Hall–Kier alpha value is -2.94. The van der Waals surface area contributed by atoms with Gasteiger partial charge in [0.15, 0.2) is 0 Å². The molecular formula is C23H30FN3O4S. The molecule has 0 aliphatic heterocycles. The van der Waals surface area contributed by atoms with E-state index in [1.807, 2.05) is 6.92 Å². The third-order valence-corrected chi connectivity index (χ3v) is 6.17. The number of para-hydroxylation sites is 1. The number of hydrogen-bond donors (Lipinski definition) is 1. The molecule has 0 saturated heterocycles. The maximum atomic E-state index is 13.3. The fraction of sp³-hybridized carbons (Fsp3) is 0.391. The Morgan fingerprint density at radius 1 is 1.09 bits per heavy atom. The van der Waals surface area contributed by atoms with Gasteiger partial charge in [0.25, 0.3) is 0 Å². The van der Waals surface area contributed by atoms with Crippen molar-refractivity contribution in [2.75, 3.05) is 23.7 Å². The molecule has 0 aliphatic rings. The summed E-state index contributed by atoms with van der Waals surface area (Å²) in [6.45, 7) is 5.29. The first-order chi connectivity index (χ1) is 15.0. The minimum absolute atomic E-state index is 0.0329. The largest absolute Gasteiger partial charge is 0.354 e. The summed E-state index contributed by atoms with van der Waals surface area (Å²) in [5.74, 6) is -1.30. The van der Waals surface area contributed by atoms with Crippen molar-refractivity contribution in [2.24, 2.45) is 0 Å². The van der Waals surface area contributed by atoms with Crippen LogP contribution in [0.4, 0.5) is 10.1 Å². The fourth-order valence-electron chi connectivity index (χ4n) is 3.20. The first-order valence-corrected chi connectivity index (χ1v) is 12.2. The summed E-state index contributed by atoms with van der Waals surface area (Å²) in [4.78, 5) is 27.3. The van der Waals surface area contributed by atoms with Crippen molar-refractivity contribution in [3.8, 4) is 0 Å². The molecule has 0 spiro atoms. The maximum Gasteiger partial charge on any atom is 0.244 e. The normalized spacial score (nSPS) is 12.2. The lowest BCUT2D eigenvalue weighted by molar-refractivity contribution is -0.139. The molecule has 0 unspecified atom stereocenters. The van der Waals surface area contributed by atoms with Gasteiger partial charge in [-0.1, -0.05) is 37.3 Å². The molecule has 174 valence electrons. The molecule has 0 aliphatic carbocycles. The average Bonchev–Trinajstić information content (AvgIpc) is 2.74. The highest BCUT2D eigenvalue weighted by Crippen LogP contribution is 2.22. The number of benzene rings is 2. The number of anilines is 1. The van der Waals surface area contributed by atoms with Crippen LogP contribution in [0.25, 0.3) is 0 Å². The van der Waals surface area contributed by atoms with Crippen LogP contribution >= 0.6 is 0 Å². The summed E-state index contributed by atoms with van der Waals surface area (Å²) in [7, 11) is -3.77. The summed E-state index contributed by atoms with van der Waals surface area (Å²) in [6.07, 6.45) is 1.77. The van der Waals surface area contributed by atoms with E-state index in [4.69, 9.17) is 0 Å². The molecular weight excluding hydrogens is 433 g/mol. The highest BCUT2D eigenvalue weighted by atomic mass is 32.2.